The summed E-state index contributed by atoms with van der Waals surface area (Å²) in [6.45, 7) is 3.10. The first kappa shape index (κ1) is 11.6. The lowest BCUT2D eigenvalue weighted by Gasteiger charge is -2.27. The second-order valence-electron chi connectivity index (χ2n) is 4.07. The maximum atomic E-state index is 10.3. The van der Waals surface area contributed by atoms with E-state index < -0.39 is 0 Å². The molecule has 0 radical (unpaired) electrons. The van der Waals surface area contributed by atoms with Crippen molar-refractivity contribution in [3.63, 3.8) is 0 Å². The monoisotopic (exact) mass is 289 g/mol. The minimum atomic E-state index is -0.363. The fraction of sp³-hybridized carbons (Fsp3) is 0.636. The SMILES string of the molecule is Cc1cc(Br)c(C(O)C2CCCCN2)s1. The highest BCUT2D eigenvalue weighted by Gasteiger charge is 2.25. The van der Waals surface area contributed by atoms with Crippen molar-refractivity contribution < 1.29 is 5.11 Å². The number of thiophene rings is 1. The summed E-state index contributed by atoms with van der Waals surface area (Å²) in [5.74, 6) is 0. The van der Waals surface area contributed by atoms with E-state index in [4.69, 9.17) is 0 Å². The maximum absolute atomic E-state index is 10.3. The lowest BCUT2D eigenvalue weighted by molar-refractivity contribution is 0.116. The number of rotatable bonds is 2. The third kappa shape index (κ3) is 2.61. The van der Waals surface area contributed by atoms with Crippen LogP contribution in [0.25, 0.3) is 0 Å². The molecule has 2 atom stereocenters. The molecule has 2 heterocycles. The third-order valence-electron chi connectivity index (χ3n) is 2.83. The summed E-state index contributed by atoms with van der Waals surface area (Å²) < 4.78 is 1.05. The number of aliphatic hydroxyl groups excluding tert-OH is 1. The lowest BCUT2D eigenvalue weighted by atomic mass is 9.99. The zero-order valence-corrected chi connectivity index (χ0v) is 11.2. The van der Waals surface area contributed by atoms with Crippen LogP contribution in [0.4, 0.5) is 0 Å². The van der Waals surface area contributed by atoms with Crippen molar-refractivity contribution in [3.05, 3.63) is 20.3 Å². The van der Waals surface area contributed by atoms with E-state index in [1.165, 1.54) is 17.7 Å². The molecule has 0 aliphatic carbocycles. The summed E-state index contributed by atoms with van der Waals surface area (Å²) in [6.07, 6.45) is 3.16. The van der Waals surface area contributed by atoms with E-state index in [2.05, 4.69) is 34.2 Å². The van der Waals surface area contributed by atoms with Crippen LogP contribution in [0.5, 0.6) is 0 Å². The standard InChI is InChI=1S/C11H16BrNOS/c1-7-6-8(12)11(15-7)10(14)9-4-2-3-5-13-9/h6,9-10,13-14H,2-5H2,1H3. The number of halogens is 1. The summed E-state index contributed by atoms with van der Waals surface area (Å²) >= 11 is 5.19. The van der Waals surface area contributed by atoms with Gasteiger partial charge < -0.3 is 10.4 Å². The average Bonchev–Trinajstić information content (AvgIpc) is 2.58. The minimum Gasteiger partial charge on any atom is -0.386 e. The molecule has 1 fully saturated rings. The van der Waals surface area contributed by atoms with E-state index >= 15 is 0 Å². The van der Waals surface area contributed by atoms with Crippen LogP contribution in [0, 0.1) is 6.92 Å². The molecule has 15 heavy (non-hydrogen) atoms. The van der Waals surface area contributed by atoms with Crippen LogP contribution in [-0.4, -0.2) is 17.7 Å². The first-order chi connectivity index (χ1) is 7.18. The number of hydrogen-bond acceptors (Lipinski definition) is 3. The Bertz CT molecular complexity index is 333. The van der Waals surface area contributed by atoms with Crippen molar-refractivity contribution in [2.24, 2.45) is 0 Å². The molecule has 0 saturated carbocycles. The van der Waals surface area contributed by atoms with Gasteiger partial charge >= 0.3 is 0 Å². The lowest BCUT2D eigenvalue weighted by Crippen LogP contribution is -2.38. The van der Waals surface area contributed by atoms with Gasteiger partial charge in [0.15, 0.2) is 0 Å². The number of aliphatic hydroxyl groups is 1. The maximum Gasteiger partial charge on any atom is 0.105 e. The average molecular weight is 290 g/mol. The Morgan fingerprint density at radius 2 is 2.40 bits per heavy atom. The molecule has 1 aromatic heterocycles. The van der Waals surface area contributed by atoms with Crippen molar-refractivity contribution in [2.45, 2.75) is 38.3 Å². The number of hydrogen-bond donors (Lipinski definition) is 2. The Balaban J connectivity index is 2.12. The molecular formula is C11H16BrNOS. The van der Waals surface area contributed by atoms with Gasteiger partial charge in [0.1, 0.15) is 6.10 Å². The minimum absolute atomic E-state index is 0.230. The van der Waals surface area contributed by atoms with Crippen molar-refractivity contribution in [1.29, 1.82) is 0 Å². The number of nitrogens with one attached hydrogen (secondary N) is 1. The highest BCUT2D eigenvalue weighted by Crippen LogP contribution is 2.35. The van der Waals surface area contributed by atoms with Gasteiger partial charge in [-0.3, -0.25) is 0 Å². The molecule has 2 unspecified atom stereocenters. The van der Waals surface area contributed by atoms with E-state index in [9.17, 15) is 5.11 Å². The fourth-order valence-electron chi connectivity index (χ4n) is 2.03. The molecule has 0 aromatic carbocycles. The Kier molecular flexibility index (Phi) is 3.83. The molecule has 1 aromatic rings. The second kappa shape index (κ2) is 4.95. The molecule has 2 nitrogen and oxygen atoms in total. The van der Waals surface area contributed by atoms with Crippen molar-refractivity contribution in [3.8, 4) is 0 Å². The van der Waals surface area contributed by atoms with Crippen LogP contribution in [0.15, 0.2) is 10.5 Å². The number of piperidine rings is 1. The molecule has 4 heteroatoms. The van der Waals surface area contributed by atoms with E-state index in [0.29, 0.717) is 0 Å². The zero-order valence-electron chi connectivity index (χ0n) is 8.79. The third-order valence-corrected chi connectivity index (χ3v) is 4.87. The van der Waals surface area contributed by atoms with Crippen LogP contribution < -0.4 is 5.32 Å². The summed E-state index contributed by atoms with van der Waals surface area (Å²) in [5, 5.41) is 13.6. The molecular weight excluding hydrogens is 274 g/mol. The quantitative estimate of drug-likeness (QED) is 0.877. The van der Waals surface area contributed by atoms with Gasteiger partial charge in [-0.15, -0.1) is 11.3 Å². The Morgan fingerprint density at radius 1 is 1.60 bits per heavy atom. The van der Waals surface area contributed by atoms with Gasteiger partial charge in [-0.25, -0.2) is 0 Å². The Labute approximate surface area is 103 Å². The Hall–Kier alpha value is 0.1000. The first-order valence-electron chi connectivity index (χ1n) is 5.36. The fourth-order valence-corrected chi connectivity index (χ4v) is 3.97. The largest absolute Gasteiger partial charge is 0.386 e. The van der Waals surface area contributed by atoms with Crippen LogP contribution in [0.2, 0.25) is 0 Å². The van der Waals surface area contributed by atoms with Gasteiger partial charge in [-0.1, -0.05) is 6.42 Å². The van der Waals surface area contributed by atoms with E-state index in [0.717, 1.165) is 22.3 Å². The molecule has 84 valence electrons. The molecule has 0 spiro atoms. The normalized spacial score (nSPS) is 24.1. The Morgan fingerprint density at radius 3 is 2.93 bits per heavy atom. The van der Waals surface area contributed by atoms with Gasteiger partial charge in [0, 0.05) is 20.3 Å². The first-order valence-corrected chi connectivity index (χ1v) is 6.96. The van der Waals surface area contributed by atoms with Gasteiger partial charge in [0.25, 0.3) is 0 Å². The van der Waals surface area contributed by atoms with Crippen molar-refractivity contribution >= 4 is 27.3 Å². The highest BCUT2D eigenvalue weighted by molar-refractivity contribution is 9.10. The summed E-state index contributed by atoms with van der Waals surface area (Å²) in [4.78, 5) is 2.30. The highest BCUT2D eigenvalue weighted by atomic mass is 79.9. The van der Waals surface area contributed by atoms with Gasteiger partial charge in [-0.2, -0.15) is 0 Å². The smallest absolute Gasteiger partial charge is 0.105 e. The molecule has 0 bridgehead atoms. The predicted octanol–water partition coefficient (Wildman–Crippen LogP) is 2.99. The molecule has 1 saturated heterocycles. The van der Waals surface area contributed by atoms with E-state index in [1.807, 2.05) is 0 Å². The van der Waals surface area contributed by atoms with Crippen molar-refractivity contribution in [1.82, 2.24) is 5.32 Å². The van der Waals surface area contributed by atoms with Crippen LogP contribution in [0.3, 0.4) is 0 Å². The molecule has 2 rings (SSSR count). The molecule has 0 amide bonds. The topological polar surface area (TPSA) is 32.3 Å². The van der Waals surface area contributed by atoms with E-state index in [1.54, 1.807) is 11.3 Å². The zero-order chi connectivity index (χ0) is 10.8. The van der Waals surface area contributed by atoms with Crippen molar-refractivity contribution in [2.75, 3.05) is 6.54 Å². The van der Waals surface area contributed by atoms with Crippen LogP contribution >= 0.6 is 27.3 Å². The molecule has 2 N–H and O–H groups in total. The summed E-state index contributed by atoms with van der Waals surface area (Å²) in [6, 6.07) is 2.31. The second-order valence-corrected chi connectivity index (χ2v) is 6.21. The molecule has 1 aliphatic rings. The van der Waals surface area contributed by atoms with Crippen LogP contribution in [-0.2, 0) is 0 Å². The van der Waals surface area contributed by atoms with E-state index in [-0.39, 0.29) is 12.1 Å². The predicted molar refractivity (Wildman–Crippen MR) is 67.4 cm³/mol. The number of aryl methyl sites for hydroxylation is 1. The van der Waals surface area contributed by atoms with Gasteiger partial charge in [0.05, 0.1) is 0 Å². The summed E-state index contributed by atoms with van der Waals surface area (Å²) in [5.41, 5.74) is 0. The van der Waals surface area contributed by atoms with Crippen LogP contribution in [0.1, 0.15) is 35.1 Å². The molecule has 1 aliphatic heterocycles. The summed E-state index contributed by atoms with van der Waals surface area (Å²) in [7, 11) is 0. The van der Waals surface area contributed by atoms with Gasteiger partial charge in [-0.05, 0) is 48.3 Å². The van der Waals surface area contributed by atoms with Gasteiger partial charge in [0.2, 0.25) is 0 Å².